The molecule has 19 heavy (non-hydrogen) atoms. The van der Waals surface area contributed by atoms with Crippen molar-refractivity contribution >= 4 is 5.91 Å². The smallest absolute Gasteiger partial charge is 0.253 e. The molecule has 0 aliphatic carbocycles. The first-order chi connectivity index (χ1) is 9.31. The van der Waals surface area contributed by atoms with Crippen LogP contribution in [0.4, 0.5) is 0 Å². The average Bonchev–Trinajstić information content (AvgIpc) is 2.39. The number of hydrogen-bond acceptors (Lipinski definition) is 1. The SMILES string of the molecule is CCCc1ccc(C(=O)N2CCCCCCC2)cc1. The molecule has 104 valence electrons. The van der Waals surface area contributed by atoms with Crippen LogP contribution >= 0.6 is 0 Å². The van der Waals surface area contributed by atoms with Crippen molar-refractivity contribution in [3.8, 4) is 0 Å². The van der Waals surface area contributed by atoms with Crippen molar-refractivity contribution in [1.29, 1.82) is 0 Å². The zero-order chi connectivity index (χ0) is 13.5. The van der Waals surface area contributed by atoms with E-state index in [4.69, 9.17) is 0 Å². The van der Waals surface area contributed by atoms with Crippen LogP contribution in [0.15, 0.2) is 24.3 Å². The van der Waals surface area contributed by atoms with Gasteiger partial charge in [-0.2, -0.15) is 0 Å². The van der Waals surface area contributed by atoms with Crippen molar-refractivity contribution in [1.82, 2.24) is 4.90 Å². The number of likely N-dealkylation sites (tertiary alicyclic amines) is 1. The van der Waals surface area contributed by atoms with Crippen molar-refractivity contribution in [3.63, 3.8) is 0 Å². The molecule has 0 atom stereocenters. The molecule has 1 aliphatic rings. The lowest BCUT2D eigenvalue weighted by Gasteiger charge is -2.25. The molecular formula is C17H25NO. The van der Waals surface area contributed by atoms with E-state index < -0.39 is 0 Å². The summed E-state index contributed by atoms with van der Waals surface area (Å²) < 4.78 is 0. The topological polar surface area (TPSA) is 20.3 Å². The van der Waals surface area contributed by atoms with E-state index in [1.54, 1.807) is 0 Å². The van der Waals surface area contributed by atoms with E-state index in [0.717, 1.165) is 44.3 Å². The standard InChI is InChI=1S/C17H25NO/c1-2-8-15-9-11-16(12-10-15)17(19)18-13-6-4-3-5-7-14-18/h9-12H,2-8,13-14H2,1H3. The van der Waals surface area contributed by atoms with Crippen LogP contribution in [0.2, 0.25) is 0 Å². The third-order valence-corrected chi connectivity index (χ3v) is 3.88. The lowest BCUT2D eigenvalue weighted by molar-refractivity contribution is 0.0742. The van der Waals surface area contributed by atoms with Crippen LogP contribution in [0.3, 0.4) is 0 Å². The molecule has 0 N–H and O–H groups in total. The average molecular weight is 259 g/mol. The Balaban J connectivity index is 2.00. The molecule has 1 amide bonds. The van der Waals surface area contributed by atoms with Gasteiger partial charge in [0.25, 0.3) is 5.91 Å². The first-order valence-corrected chi connectivity index (χ1v) is 7.69. The van der Waals surface area contributed by atoms with Crippen LogP contribution in [-0.2, 0) is 6.42 Å². The number of hydrogen-bond donors (Lipinski definition) is 0. The van der Waals surface area contributed by atoms with Gasteiger partial charge in [-0.05, 0) is 37.0 Å². The van der Waals surface area contributed by atoms with Gasteiger partial charge >= 0.3 is 0 Å². The summed E-state index contributed by atoms with van der Waals surface area (Å²) in [4.78, 5) is 14.5. The van der Waals surface area contributed by atoms with Gasteiger partial charge in [-0.15, -0.1) is 0 Å². The van der Waals surface area contributed by atoms with Crippen molar-refractivity contribution in [2.24, 2.45) is 0 Å². The van der Waals surface area contributed by atoms with Crippen LogP contribution in [0.25, 0.3) is 0 Å². The number of carbonyl (C=O) groups excluding carboxylic acids is 1. The van der Waals surface area contributed by atoms with Gasteiger partial charge in [0, 0.05) is 18.7 Å². The molecule has 2 heteroatoms. The van der Waals surface area contributed by atoms with Gasteiger partial charge in [-0.25, -0.2) is 0 Å². The Labute approximate surface area is 116 Å². The Morgan fingerprint density at radius 3 is 2.16 bits per heavy atom. The maximum absolute atomic E-state index is 12.5. The Morgan fingerprint density at radius 1 is 1.00 bits per heavy atom. The molecule has 0 bridgehead atoms. The molecule has 1 saturated heterocycles. The van der Waals surface area contributed by atoms with E-state index in [1.165, 1.54) is 24.8 Å². The van der Waals surface area contributed by atoms with E-state index >= 15 is 0 Å². The summed E-state index contributed by atoms with van der Waals surface area (Å²) in [6.07, 6.45) is 8.41. The highest BCUT2D eigenvalue weighted by Gasteiger charge is 2.16. The molecular weight excluding hydrogens is 234 g/mol. The molecule has 0 spiro atoms. The van der Waals surface area contributed by atoms with Crippen molar-refractivity contribution < 1.29 is 4.79 Å². The summed E-state index contributed by atoms with van der Waals surface area (Å²) in [5, 5.41) is 0. The highest BCUT2D eigenvalue weighted by molar-refractivity contribution is 5.94. The van der Waals surface area contributed by atoms with Crippen molar-refractivity contribution in [2.45, 2.75) is 51.9 Å². The van der Waals surface area contributed by atoms with E-state index in [1.807, 2.05) is 17.0 Å². The summed E-state index contributed by atoms with van der Waals surface area (Å²) in [6.45, 7) is 4.03. The number of rotatable bonds is 3. The molecule has 0 saturated carbocycles. The quantitative estimate of drug-likeness (QED) is 0.802. The minimum absolute atomic E-state index is 0.213. The minimum atomic E-state index is 0.213. The third-order valence-electron chi connectivity index (χ3n) is 3.88. The fourth-order valence-electron chi connectivity index (χ4n) is 2.74. The van der Waals surface area contributed by atoms with Gasteiger partial charge in [0.05, 0.1) is 0 Å². The fraction of sp³-hybridized carbons (Fsp3) is 0.588. The molecule has 1 aromatic rings. The van der Waals surface area contributed by atoms with Crippen LogP contribution < -0.4 is 0 Å². The van der Waals surface area contributed by atoms with Crippen LogP contribution in [-0.4, -0.2) is 23.9 Å². The summed E-state index contributed by atoms with van der Waals surface area (Å²) in [7, 11) is 0. The zero-order valence-corrected chi connectivity index (χ0v) is 12.0. The van der Waals surface area contributed by atoms with Gasteiger partial charge in [0.15, 0.2) is 0 Å². The van der Waals surface area contributed by atoms with E-state index in [0.29, 0.717) is 0 Å². The third kappa shape index (κ3) is 4.09. The molecule has 1 fully saturated rings. The summed E-state index contributed by atoms with van der Waals surface area (Å²) in [5.74, 6) is 0.213. The second kappa shape index (κ2) is 7.32. The van der Waals surface area contributed by atoms with Gasteiger partial charge in [-0.3, -0.25) is 4.79 Å². The lowest BCUT2D eigenvalue weighted by Crippen LogP contribution is -2.33. The van der Waals surface area contributed by atoms with E-state index in [9.17, 15) is 4.79 Å². The summed E-state index contributed by atoms with van der Waals surface area (Å²) in [6, 6.07) is 8.18. The highest BCUT2D eigenvalue weighted by atomic mass is 16.2. The fourth-order valence-corrected chi connectivity index (χ4v) is 2.74. The predicted octanol–water partition coefficient (Wildman–Crippen LogP) is 4.05. The number of aryl methyl sites for hydroxylation is 1. The molecule has 0 unspecified atom stereocenters. The minimum Gasteiger partial charge on any atom is -0.339 e. The van der Waals surface area contributed by atoms with Crippen molar-refractivity contribution in [2.75, 3.05) is 13.1 Å². The lowest BCUT2D eigenvalue weighted by atomic mass is 10.1. The number of carbonyl (C=O) groups is 1. The Hall–Kier alpha value is -1.31. The first-order valence-electron chi connectivity index (χ1n) is 7.69. The summed E-state index contributed by atoms with van der Waals surface area (Å²) >= 11 is 0. The molecule has 1 aromatic carbocycles. The Bertz CT molecular complexity index is 388. The maximum atomic E-state index is 12.5. The molecule has 0 radical (unpaired) electrons. The Kier molecular flexibility index (Phi) is 5.44. The second-order valence-electron chi connectivity index (χ2n) is 5.51. The maximum Gasteiger partial charge on any atom is 0.253 e. The Morgan fingerprint density at radius 2 is 1.58 bits per heavy atom. The number of benzene rings is 1. The molecule has 1 heterocycles. The molecule has 0 aromatic heterocycles. The largest absolute Gasteiger partial charge is 0.339 e. The van der Waals surface area contributed by atoms with Crippen LogP contribution in [0.1, 0.15) is 61.4 Å². The van der Waals surface area contributed by atoms with Crippen LogP contribution in [0, 0.1) is 0 Å². The van der Waals surface area contributed by atoms with Gasteiger partial charge in [0.2, 0.25) is 0 Å². The van der Waals surface area contributed by atoms with E-state index in [-0.39, 0.29) is 5.91 Å². The highest BCUT2D eigenvalue weighted by Crippen LogP contribution is 2.14. The number of nitrogens with zero attached hydrogens (tertiary/aromatic N) is 1. The normalized spacial score (nSPS) is 16.8. The second-order valence-corrected chi connectivity index (χ2v) is 5.51. The summed E-state index contributed by atoms with van der Waals surface area (Å²) in [5.41, 5.74) is 2.17. The zero-order valence-electron chi connectivity index (χ0n) is 12.0. The van der Waals surface area contributed by atoms with Gasteiger partial charge in [-0.1, -0.05) is 44.7 Å². The predicted molar refractivity (Wildman–Crippen MR) is 79.4 cm³/mol. The van der Waals surface area contributed by atoms with Gasteiger partial charge in [0.1, 0.15) is 0 Å². The monoisotopic (exact) mass is 259 g/mol. The molecule has 2 rings (SSSR count). The molecule has 2 nitrogen and oxygen atoms in total. The van der Waals surface area contributed by atoms with Crippen molar-refractivity contribution in [3.05, 3.63) is 35.4 Å². The molecule has 1 aliphatic heterocycles. The van der Waals surface area contributed by atoms with Crippen LogP contribution in [0.5, 0.6) is 0 Å². The first kappa shape index (κ1) is 14.1. The van der Waals surface area contributed by atoms with E-state index in [2.05, 4.69) is 19.1 Å². The van der Waals surface area contributed by atoms with Gasteiger partial charge < -0.3 is 4.90 Å². The number of amides is 1.